The number of aliphatic hydroxyl groups excluding tert-OH is 1. The fraction of sp³-hybridized carbons (Fsp3) is 0.531. The maximum atomic E-state index is 12.2. The fourth-order valence-electron chi connectivity index (χ4n) is 3.46. The Morgan fingerprint density at radius 2 is 1.49 bits per heavy atom. The molecule has 1 atom stereocenters. The lowest BCUT2D eigenvalue weighted by atomic mass is 10.1. The van der Waals surface area contributed by atoms with Gasteiger partial charge in [0.05, 0.1) is 13.2 Å². The number of esters is 1. The number of hydrogen-bond donors (Lipinski definition) is 6. The molecule has 0 saturated heterocycles. The number of benzene rings is 1. The zero-order valence-electron chi connectivity index (χ0n) is 28.4. The van der Waals surface area contributed by atoms with Crippen LogP contribution >= 0.6 is 0 Å². The monoisotopic (exact) mass is 664 g/mol. The van der Waals surface area contributed by atoms with Gasteiger partial charge in [0.15, 0.2) is 0 Å². The summed E-state index contributed by atoms with van der Waals surface area (Å²) in [6.07, 6.45) is 5.06. The van der Waals surface area contributed by atoms with Crippen molar-refractivity contribution in [3.63, 3.8) is 0 Å². The average molecular weight is 665 g/mol. The largest absolute Gasteiger partial charge is 0.461 e. The minimum absolute atomic E-state index is 0.0951. The van der Waals surface area contributed by atoms with E-state index in [4.69, 9.17) is 10.5 Å². The van der Waals surface area contributed by atoms with Gasteiger partial charge >= 0.3 is 12.0 Å². The summed E-state index contributed by atoms with van der Waals surface area (Å²) in [7, 11) is 0. The lowest BCUT2D eigenvalue weighted by Gasteiger charge is -2.16. The Bertz CT molecular complexity index is 1140. The quantitative estimate of drug-likeness (QED) is 0.0860. The van der Waals surface area contributed by atoms with Gasteiger partial charge in [-0.05, 0) is 37.0 Å². The van der Waals surface area contributed by atoms with E-state index >= 15 is 0 Å². The number of ether oxygens (including phenoxy) is 1. The van der Waals surface area contributed by atoms with Crippen molar-refractivity contribution in [3.8, 4) is 0 Å². The summed E-state index contributed by atoms with van der Waals surface area (Å²) in [6, 6.07) is 4.94. The van der Waals surface area contributed by atoms with Crippen molar-refractivity contribution in [3.05, 3.63) is 42.0 Å². The summed E-state index contributed by atoms with van der Waals surface area (Å²) < 4.78 is 4.88. The number of anilines is 1. The number of rotatable bonds is 16. The third-order valence-corrected chi connectivity index (χ3v) is 5.67. The Labute approximate surface area is 277 Å². The van der Waals surface area contributed by atoms with Crippen LogP contribution in [0.25, 0.3) is 0 Å². The maximum absolute atomic E-state index is 12.2. The highest BCUT2D eigenvalue weighted by Crippen LogP contribution is 2.11. The van der Waals surface area contributed by atoms with Crippen LogP contribution in [0.15, 0.2) is 36.4 Å². The standard InChI is InChI=1S/C24H30N4O8.C4H10N2O.2C2H6/c1-16(30)36-15-17-6-8-18(9-7-17)26-21(32)13-25-24(35)19(14-29)27-20(31)5-3-2-4-12-28-22(33)10-11-23(28)34;1-2-3-6-4(5)7;2*1-2/h6-11,19,29H,2-5,12-15H2,1H3,(H,25,35)(H,26,32)(H,27,31);2-3H2,1H3,(H3,5,6,7);2*1-2H3. The molecule has 1 heterocycles. The van der Waals surface area contributed by atoms with Crippen LogP contribution in [0.3, 0.4) is 0 Å². The number of unbranched alkanes of at least 4 members (excludes halogenated alkanes) is 2. The van der Waals surface area contributed by atoms with E-state index in [0.29, 0.717) is 31.5 Å². The second kappa shape index (κ2) is 27.5. The van der Waals surface area contributed by atoms with Gasteiger partial charge in [-0.2, -0.15) is 0 Å². The Hall–Kier alpha value is -4.79. The van der Waals surface area contributed by atoms with Gasteiger partial charge < -0.3 is 36.8 Å². The number of aliphatic hydroxyl groups is 1. The molecule has 1 aromatic carbocycles. The molecule has 0 fully saturated rings. The molecule has 1 aliphatic heterocycles. The smallest absolute Gasteiger partial charge is 0.312 e. The number of imide groups is 1. The Morgan fingerprint density at radius 1 is 0.894 bits per heavy atom. The van der Waals surface area contributed by atoms with Crippen molar-refractivity contribution in [2.45, 2.75) is 86.3 Å². The molecule has 15 nitrogen and oxygen atoms in total. The molecule has 15 heteroatoms. The summed E-state index contributed by atoms with van der Waals surface area (Å²) >= 11 is 0. The van der Waals surface area contributed by atoms with Gasteiger partial charge in [0, 0.05) is 44.3 Å². The summed E-state index contributed by atoms with van der Waals surface area (Å²) in [5.74, 6) is -2.77. The van der Waals surface area contributed by atoms with Gasteiger partial charge in [0.1, 0.15) is 12.6 Å². The van der Waals surface area contributed by atoms with E-state index in [9.17, 15) is 38.7 Å². The molecule has 0 aliphatic carbocycles. The molecule has 264 valence electrons. The normalized spacial score (nSPS) is 11.7. The van der Waals surface area contributed by atoms with E-state index in [1.807, 2.05) is 34.6 Å². The molecule has 0 saturated carbocycles. The van der Waals surface area contributed by atoms with Gasteiger partial charge in [-0.3, -0.25) is 33.7 Å². The van der Waals surface area contributed by atoms with Gasteiger partial charge in [-0.1, -0.05) is 53.2 Å². The first-order valence-electron chi connectivity index (χ1n) is 15.7. The molecule has 0 radical (unpaired) electrons. The van der Waals surface area contributed by atoms with Crippen molar-refractivity contribution in [2.75, 3.05) is 31.6 Å². The number of carbonyl (C=O) groups excluding carboxylic acids is 7. The molecular formula is C32H52N6O9. The number of urea groups is 1. The van der Waals surface area contributed by atoms with Crippen LogP contribution in [0.1, 0.15) is 79.2 Å². The van der Waals surface area contributed by atoms with Crippen LogP contribution in [0.5, 0.6) is 0 Å². The molecule has 0 bridgehead atoms. The summed E-state index contributed by atoms with van der Waals surface area (Å²) in [4.78, 5) is 81.2. The van der Waals surface area contributed by atoms with E-state index in [1.54, 1.807) is 24.3 Å². The molecule has 2 rings (SSSR count). The highest BCUT2D eigenvalue weighted by Gasteiger charge is 2.23. The lowest BCUT2D eigenvalue weighted by Crippen LogP contribution is -2.50. The first-order chi connectivity index (χ1) is 22.5. The first-order valence-corrected chi connectivity index (χ1v) is 15.7. The fourth-order valence-corrected chi connectivity index (χ4v) is 3.46. The van der Waals surface area contributed by atoms with E-state index in [2.05, 4.69) is 21.3 Å². The third kappa shape index (κ3) is 21.6. The number of carbonyl (C=O) groups is 7. The van der Waals surface area contributed by atoms with E-state index in [1.165, 1.54) is 19.1 Å². The number of nitrogens with one attached hydrogen (secondary N) is 4. The average Bonchev–Trinajstić information content (AvgIpc) is 3.39. The molecule has 0 aromatic heterocycles. The molecule has 47 heavy (non-hydrogen) atoms. The number of primary amides is 1. The summed E-state index contributed by atoms with van der Waals surface area (Å²) in [5.41, 5.74) is 5.95. The highest BCUT2D eigenvalue weighted by atomic mass is 16.5. The minimum Gasteiger partial charge on any atom is -0.461 e. The van der Waals surface area contributed by atoms with Crippen molar-refractivity contribution in [2.24, 2.45) is 5.73 Å². The highest BCUT2D eigenvalue weighted by molar-refractivity contribution is 6.12. The van der Waals surface area contributed by atoms with Crippen molar-refractivity contribution >= 4 is 47.2 Å². The zero-order valence-corrected chi connectivity index (χ0v) is 28.4. The molecule has 7 amide bonds. The number of nitrogens with two attached hydrogens (primary N) is 1. The topological polar surface area (TPSA) is 226 Å². The Balaban J connectivity index is 0. The van der Waals surface area contributed by atoms with Crippen LogP contribution < -0.4 is 27.0 Å². The van der Waals surface area contributed by atoms with Gasteiger partial charge in [-0.25, -0.2) is 4.79 Å². The van der Waals surface area contributed by atoms with E-state index < -0.39 is 42.4 Å². The molecule has 1 aliphatic rings. The van der Waals surface area contributed by atoms with E-state index in [-0.39, 0.29) is 37.9 Å². The summed E-state index contributed by atoms with van der Waals surface area (Å²) in [6.45, 7) is 11.3. The first kappa shape index (κ1) is 44.3. The number of nitrogens with zero attached hydrogens (tertiary/aromatic N) is 1. The van der Waals surface area contributed by atoms with Gasteiger partial charge in [-0.15, -0.1) is 0 Å². The molecule has 0 spiro atoms. The van der Waals surface area contributed by atoms with Crippen LogP contribution in [-0.4, -0.2) is 83.8 Å². The second-order valence-corrected chi connectivity index (χ2v) is 9.31. The Morgan fingerprint density at radius 3 is 1.98 bits per heavy atom. The second-order valence-electron chi connectivity index (χ2n) is 9.31. The summed E-state index contributed by atoms with van der Waals surface area (Å²) in [5, 5.41) is 19.2. The minimum atomic E-state index is -1.21. The van der Waals surface area contributed by atoms with Crippen LogP contribution in [0, 0.1) is 0 Å². The molecule has 1 aromatic rings. The molecule has 7 N–H and O–H groups in total. The lowest BCUT2D eigenvalue weighted by molar-refractivity contribution is -0.142. The maximum Gasteiger partial charge on any atom is 0.312 e. The van der Waals surface area contributed by atoms with Gasteiger partial charge in [0.2, 0.25) is 17.7 Å². The van der Waals surface area contributed by atoms with Crippen LogP contribution in [0.4, 0.5) is 10.5 Å². The van der Waals surface area contributed by atoms with Gasteiger partial charge in [0.25, 0.3) is 11.8 Å². The number of amides is 7. The zero-order chi connectivity index (χ0) is 36.2. The van der Waals surface area contributed by atoms with Crippen molar-refractivity contribution in [1.82, 2.24) is 20.9 Å². The third-order valence-electron chi connectivity index (χ3n) is 5.67. The predicted molar refractivity (Wildman–Crippen MR) is 177 cm³/mol. The molecular weight excluding hydrogens is 612 g/mol. The van der Waals surface area contributed by atoms with Crippen LogP contribution in [0.2, 0.25) is 0 Å². The van der Waals surface area contributed by atoms with Crippen LogP contribution in [-0.2, 0) is 40.1 Å². The SMILES string of the molecule is CC.CC.CC(=O)OCc1ccc(NC(=O)CNC(=O)C(CO)NC(=O)CCCCCN2C(=O)C=CC2=O)cc1.CCCNC(N)=O. The number of hydrogen-bond acceptors (Lipinski definition) is 9. The van der Waals surface area contributed by atoms with Crippen molar-refractivity contribution in [1.29, 1.82) is 0 Å². The molecule has 1 unspecified atom stereocenters. The predicted octanol–water partition coefficient (Wildman–Crippen LogP) is 1.88. The Kier molecular flexibility index (Phi) is 26.0. The van der Waals surface area contributed by atoms with E-state index in [0.717, 1.165) is 16.9 Å². The van der Waals surface area contributed by atoms with Crippen molar-refractivity contribution < 1.29 is 43.4 Å².